The van der Waals surface area contributed by atoms with Gasteiger partial charge in [-0.05, 0) is 66.1 Å². The molecule has 4 nitrogen and oxygen atoms in total. The molecule has 0 aliphatic carbocycles. The smallest absolute Gasteiger partial charge is 0.295 e. The minimum Gasteiger partial charge on any atom is -0.507 e. The Labute approximate surface area is 194 Å². The van der Waals surface area contributed by atoms with Crippen molar-refractivity contribution in [3.05, 3.63) is 111 Å². The minimum absolute atomic E-state index is 0.00116. The number of carbonyl (C=O) groups is 2. The lowest BCUT2D eigenvalue weighted by Crippen LogP contribution is -2.31. The van der Waals surface area contributed by atoms with Gasteiger partial charge in [0, 0.05) is 22.2 Å². The third kappa shape index (κ3) is 4.40. The zero-order valence-electron chi connectivity index (χ0n) is 16.8. The molecule has 162 valence electrons. The maximum atomic E-state index is 13.2. The highest BCUT2D eigenvalue weighted by Crippen LogP contribution is 2.39. The van der Waals surface area contributed by atoms with Crippen LogP contribution in [0.25, 0.3) is 5.76 Å². The number of rotatable bonds is 5. The van der Waals surface area contributed by atoms with Gasteiger partial charge < -0.3 is 10.0 Å². The van der Waals surface area contributed by atoms with Crippen LogP contribution in [0.15, 0.2) is 78.4 Å². The van der Waals surface area contributed by atoms with Crippen LogP contribution in [0, 0.1) is 5.82 Å². The van der Waals surface area contributed by atoms with Crippen molar-refractivity contribution in [1.29, 1.82) is 0 Å². The van der Waals surface area contributed by atoms with Crippen LogP contribution in [0.3, 0.4) is 0 Å². The van der Waals surface area contributed by atoms with E-state index in [0.717, 1.165) is 5.56 Å². The molecule has 0 saturated carbocycles. The molecule has 1 aliphatic rings. The number of aliphatic hydroxyl groups is 1. The Morgan fingerprint density at radius 2 is 1.44 bits per heavy atom. The third-order valence-electron chi connectivity index (χ3n) is 5.40. The summed E-state index contributed by atoms with van der Waals surface area (Å²) in [6, 6.07) is 18.3. The second-order valence-electron chi connectivity index (χ2n) is 7.43. The van der Waals surface area contributed by atoms with E-state index in [-0.39, 0.29) is 23.7 Å². The number of hydrogen-bond acceptors (Lipinski definition) is 3. The Morgan fingerprint density at radius 3 is 2.03 bits per heavy atom. The summed E-state index contributed by atoms with van der Waals surface area (Å²) < 4.78 is 13.2. The van der Waals surface area contributed by atoms with Gasteiger partial charge in [-0.15, -0.1) is 0 Å². The van der Waals surface area contributed by atoms with E-state index >= 15 is 0 Å². The molecule has 1 heterocycles. The van der Waals surface area contributed by atoms with Crippen LogP contribution in [0.4, 0.5) is 4.39 Å². The first kappa shape index (κ1) is 22.1. The van der Waals surface area contributed by atoms with Gasteiger partial charge in [0.05, 0.1) is 11.6 Å². The summed E-state index contributed by atoms with van der Waals surface area (Å²) in [6.07, 6.45) is 0.415. The molecule has 1 saturated heterocycles. The second kappa shape index (κ2) is 9.15. The van der Waals surface area contributed by atoms with Crippen LogP contribution in [0.5, 0.6) is 0 Å². The van der Waals surface area contributed by atoms with Gasteiger partial charge in [-0.1, -0.05) is 47.5 Å². The lowest BCUT2D eigenvalue weighted by Gasteiger charge is -2.25. The second-order valence-corrected chi connectivity index (χ2v) is 8.30. The number of ketones is 1. The van der Waals surface area contributed by atoms with Gasteiger partial charge in [0.1, 0.15) is 11.6 Å². The lowest BCUT2D eigenvalue weighted by molar-refractivity contribution is -0.139. The predicted octanol–water partition coefficient (Wildman–Crippen LogP) is 5.80. The van der Waals surface area contributed by atoms with Crippen LogP contribution in [0.1, 0.15) is 22.7 Å². The topological polar surface area (TPSA) is 57.6 Å². The molecule has 1 unspecified atom stereocenters. The molecule has 0 radical (unpaired) electrons. The molecule has 0 aromatic heterocycles. The van der Waals surface area contributed by atoms with Crippen LogP contribution in [0.2, 0.25) is 10.0 Å². The molecule has 1 atom stereocenters. The summed E-state index contributed by atoms with van der Waals surface area (Å²) in [4.78, 5) is 27.4. The Bertz CT molecular complexity index is 1190. The molecule has 1 fully saturated rings. The Kier molecular flexibility index (Phi) is 6.31. The van der Waals surface area contributed by atoms with Gasteiger partial charge in [-0.2, -0.15) is 0 Å². The summed E-state index contributed by atoms with van der Waals surface area (Å²) >= 11 is 12.0. The van der Waals surface area contributed by atoms with Crippen molar-refractivity contribution in [3.8, 4) is 0 Å². The molecule has 0 bridgehead atoms. The van der Waals surface area contributed by atoms with Crippen molar-refractivity contribution >= 4 is 40.7 Å². The quantitative estimate of drug-likeness (QED) is 0.292. The number of aliphatic hydroxyl groups excluding tert-OH is 1. The first-order valence-corrected chi connectivity index (χ1v) is 10.6. The van der Waals surface area contributed by atoms with Gasteiger partial charge in [-0.25, -0.2) is 4.39 Å². The van der Waals surface area contributed by atoms with Gasteiger partial charge >= 0.3 is 0 Å². The molecule has 1 N–H and O–H groups in total. The van der Waals surface area contributed by atoms with Crippen LogP contribution in [-0.4, -0.2) is 28.2 Å². The molecular formula is C25H18Cl2FNO3. The van der Waals surface area contributed by atoms with E-state index in [1.165, 1.54) is 17.0 Å². The minimum atomic E-state index is -0.789. The molecule has 0 spiro atoms. The summed E-state index contributed by atoms with van der Waals surface area (Å²) in [5.74, 6) is -2.10. The number of benzene rings is 3. The molecule has 32 heavy (non-hydrogen) atoms. The lowest BCUT2D eigenvalue weighted by atomic mass is 9.95. The van der Waals surface area contributed by atoms with Crippen molar-refractivity contribution < 1.29 is 19.1 Å². The van der Waals surface area contributed by atoms with E-state index < -0.39 is 17.7 Å². The molecule has 7 heteroatoms. The highest BCUT2D eigenvalue weighted by Gasteiger charge is 2.45. The normalized spacial score (nSPS) is 17.7. The van der Waals surface area contributed by atoms with Crippen molar-refractivity contribution in [2.45, 2.75) is 12.5 Å². The number of carbonyl (C=O) groups excluding carboxylic acids is 2. The van der Waals surface area contributed by atoms with E-state index in [1.54, 1.807) is 60.7 Å². The van der Waals surface area contributed by atoms with E-state index in [2.05, 4.69) is 0 Å². The molecule has 4 rings (SSSR count). The first-order chi connectivity index (χ1) is 15.3. The Hall–Kier alpha value is -3.15. The maximum absolute atomic E-state index is 13.2. The fraction of sp³-hybridized carbons (Fsp3) is 0.120. The van der Waals surface area contributed by atoms with E-state index in [0.29, 0.717) is 27.6 Å². The van der Waals surface area contributed by atoms with Crippen molar-refractivity contribution in [1.82, 2.24) is 4.90 Å². The van der Waals surface area contributed by atoms with Crippen LogP contribution >= 0.6 is 23.2 Å². The molecule has 1 aliphatic heterocycles. The summed E-state index contributed by atoms with van der Waals surface area (Å²) in [6.45, 7) is 0.209. The molecule has 1 amide bonds. The van der Waals surface area contributed by atoms with Gasteiger partial charge in [0.25, 0.3) is 11.7 Å². The Morgan fingerprint density at radius 1 is 0.875 bits per heavy atom. The third-order valence-corrected chi connectivity index (χ3v) is 5.90. The number of Topliss-reactive ketones (excluding diaryl/α,β-unsaturated/α-hetero) is 1. The zero-order chi connectivity index (χ0) is 22.8. The number of nitrogens with zero attached hydrogens (tertiary/aromatic N) is 1. The zero-order valence-corrected chi connectivity index (χ0v) is 18.3. The number of hydrogen-bond donors (Lipinski definition) is 1. The first-order valence-electron chi connectivity index (χ1n) is 9.89. The van der Waals surface area contributed by atoms with E-state index in [1.807, 2.05) is 0 Å². The largest absolute Gasteiger partial charge is 0.507 e. The fourth-order valence-corrected chi connectivity index (χ4v) is 4.02. The summed E-state index contributed by atoms with van der Waals surface area (Å²) in [5, 5.41) is 12.0. The monoisotopic (exact) mass is 469 g/mol. The van der Waals surface area contributed by atoms with E-state index in [4.69, 9.17) is 23.2 Å². The molecular weight excluding hydrogens is 452 g/mol. The number of halogens is 3. The standard InChI is InChI=1S/C25H18Cl2FNO3/c26-18-7-3-16(4-8-18)22-21(23(30)17-5-9-19(27)10-6-17)24(31)25(32)29(22)14-13-15-1-11-20(28)12-2-15/h1-12,22,30H,13-14H2/b23-21-. The summed E-state index contributed by atoms with van der Waals surface area (Å²) in [7, 11) is 0. The average molecular weight is 470 g/mol. The SMILES string of the molecule is O=C1C(=O)N(CCc2ccc(F)cc2)C(c2ccc(Cl)cc2)/C1=C(/O)c1ccc(Cl)cc1. The van der Waals surface area contributed by atoms with Crippen LogP contribution in [-0.2, 0) is 16.0 Å². The van der Waals surface area contributed by atoms with Crippen molar-refractivity contribution in [3.63, 3.8) is 0 Å². The summed E-state index contributed by atoms with van der Waals surface area (Å²) in [5.41, 5.74) is 1.84. The fourth-order valence-electron chi connectivity index (χ4n) is 3.77. The predicted molar refractivity (Wildman–Crippen MR) is 122 cm³/mol. The average Bonchev–Trinajstić information content (AvgIpc) is 3.04. The number of likely N-dealkylation sites (tertiary alicyclic amines) is 1. The number of amides is 1. The maximum Gasteiger partial charge on any atom is 0.295 e. The Balaban J connectivity index is 1.76. The van der Waals surface area contributed by atoms with Gasteiger partial charge in [0.15, 0.2) is 0 Å². The van der Waals surface area contributed by atoms with Crippen molar-refractivity contribution in [2.75, 3.05) is 6.54 Å². The highest BCUT2D eigenvalue weighted by molar-refractivity contribution is 6.46. The van der Waals surface area contributed by atoms with Gasteiger partial charge in [0.2, 0.25) is 0 Å². The molecule has 3 aromatic rings. The van der Waals surface area contributed by atoms with Crippen molar-refractivity contribution in [2.24, 2.45) is 0 Å². The molecule has 3 aromatic carbocycles. The highest BCUT2D eigenvalue weighted by atomic mass is 35.5. The van der Waals surface area contributed by atoms with Gasteiger partial charge in [-0.3, -0.25) is 9.59 Å². The van der Waals surface area contributed by atoms with E-state index in [9.17, 15) is 19.1 Å². The van der Waals surface area contributed by atoms with Crippen LogP contribution < -0.4 is 0 Å².